The molecule has 62 valence electrons. The van der Waals surface area contributed by atoms with Gasteiger partial charge >= 0.3 is 5.69 Å². The molecule has 1 aliphatic heterocycles. The molecule has 0 aromatic carbocycles. The van der Waals surface area contributed by atoms with E-state index in [4.69, 9.17) is 0 Å². The largest absolute Gasteiger partial charge is 0.373 e. The predicted molar refractivity (Wildman–Crippen MR) is 43.2 cm³/mol. The van der Waals surface area contributed by atoms with Gasteiger partial charge in [0.1, 0.15) is 11.6 Å². The molecular formula is C7H8N4O. The van der Waals surface area contributed by atoms with Crippen molar-refractivity contribution in [1.82, 2.24) is 19.9 Å². The van der Waals surface area contributed by atoms with E-state index in [1.54, 1.807) is 19.2 Å². The summed E-state index contributed by atoms with van der Waals surface area (Å²) in [4.78, 5) is 19.0. The molecule has 0 fully saturated rings. The van der Waals surface area contributed by atoms with Crippen LogP contribution in [0.15, 0.2) is 11.0 Å². The fourth-order valence-corrected chi connectivity index (χ4v) is 1.10. The number of rotatable bonds is 0. The lowest BCUT2D eigenvalue weighted by atomic mass is 10.5. The van der Waals surface area contributed by atoms with E-state index >= 15 is 0 Å². The minimum atomic E-state index is -0.255. The smallest absolute Gasteiger partial charge is 0.352 e. The Morgan fingerprint density at radius 3 is 3.25 bits per heavy atom. The van der Waals surface area contributed by atoms with Gasteiger partial charge in [-0.2, -0.15) is 4.98 Å². The van der Waals surface area contributed by atoms with Crippen LogP contribution in [-0.4, -0.2) is 14.5 Å². The molecular weight excluding hydrogens is 156 g/mol. The van der Waals surface area contributed by atoms with Crippen LogP contribution in [0.25, 0.3) is 6.08 Å². The van der Waals surface area contributed by atoms with Crippen molar-refractivity contribution in [1.29, 1.82) is 0 Å². The number of aryl methyl sites for hydroxylation is 1. The molecule has 0 saturated carbocycles. The third-order valence-corrected chi connectivity index (χ3v) is 1.64. The summed E-state index contributed by atoms with van der Waals surface area (Å²) in [6, 6.07) is 0. The summed E-state index contributed by atoms with van der Waals surface area (Å²) in [7, 11) is 0. The first-order valence-electron chi connectivity index (χ1n) is 3.63. The van der Waals surface area contributed by atoms with Crippen LogP contribution in [0.2, 0.25) is 0 Å². The van der Waals surface area contributed by atoms with Crippen LogP contribution in [0.5, 0.6) is 0 Å². The minimum absolute atomic E-state index is 0.255. The molecule has 0 amide bonds. The average molecular weight is 164 g/mol. The molecule has 0 radical (unpaired) electrons. The second-order valence-corrected chi connectivity index (χ2v) is 2.54. The zero-order valence-corrected chi connectivity index (χ0v) is 6.61. The monoisotopic (exact) mass is 164 g/mol. The summed E-state index contributed by atoms with van der Waals surface area (Å²) >= 11 is 0. The predicted octanol–water partition coefficient (Wildman–Crippen LogP) is -0.522. The molecule has 5 heteroatoms. The Labute approximate surface area is 68.8 Å². The molecule has 12 heavy (non-hydrogen) atoms. The molecule has 1 N–H and O–H groups in total. The molecule has 1 aromatic rings. The summed E-state index contributed by atoms with van der Waals surface area (Å²) in [5.41, 5.74) is -0.255. The van der Waals surface area contributed by atoms with Crippen molar-refractivity contribution in [2.75, 3.05) is 0 Å². The van der Waals surface area contributed by atoms with Crippen molar-refractivity contribution < 1.29 is 0 Å². The van der Waals surface area contributed by atoms with Gasteiger partial charge in [-0.1, -0.05) is 0 Å². The number of fused-ring (bicyclic) bond motifs is 1. The Morgan fingerprint density at radius 2 is 2.42 bits per heavy atom. The lowest BCUT2D eigenvalue weighted by Crippen LogP contribution is -2.33. The van der Waals surface area contributed by atoms with Gasteiger partial charge in [-0.25, -0.2) is 9.78 Å². The van der Waals surface area contributed by atoms with Gasteiger partial charge in [0.25, 0.3) is 0 Å². The van der Waals surface area contributed by atoms with Gasteiger partial charge < -0.3 is 5.32 Å². The zero-order chi connectivity index (χ0) is 8.55. The van der Waals surface area contributed by atoms with Crippen molar-refractivity contribution in [3.8, 4) is 0 Å². The SMILES string of the molecule is Cc1nc2n(c(=O)n1)CNC=C2. The molecule has 0 spiro atoms. The molecule has 0 bridgehead atoms. The molecule has 1 aromatic heterocycles. The van der Waals surface area contributed by atoms with Gasteiger partial charge in [0.05, 0.1) is 6.67 Å². The fourth-order valence-electron chi connectivity index (χ4n) is 1.10. The highest BCUT2D eigenvalue weighted by atomic mass is 16.1. The second-order valence-electron chi connectivity index (χ2n) is 2.54. The first kappa shape index (κ1) is 7.02. The number of hydrogen-bond donors (Lipinski definition) is 1. The average Bonchev–Trinajstić information content (AvgIpc) is 2.04. The van der Waals surface area contributed by atoms with E-state index < -0.39 is 0 Å². The maximum Gasteiger partial charge on any atom is 0.352 e. The van der Waals surface area contributed by atoms with Crippen LogP contribution in [0.4, 0.5) is 0 Å². The molecule has 0 unspecified atom stereocenters. The van der Waals surface area contributed by atoms with Crippen LogP contribution < -0.4 is 11.0 Å². The Hall–Kier alpha value is -1.65. The van der Waals surface area contributed by atoms with Gasteiger partial charge in [0.2, 0.25) is 0 Å². The second kappa shape index (κ2) is 2.44. The summed E-state index contributed by atoms with van der Waals surface area (Å²) < 4.78 is 1.48. The van der Waals surface area contributed by atoms with Crippen LogP contribution in [-0.2, 0) is 6.67 Å². The summed E-state index contributed by atoms with van der Waals surface area (Å²) in [6.07, 6.45) is 3.51. The van der Waals surface area contributed by atoms with E-state index in [1.807, 2.05) is 0 Å². The van der Waals surface area contributed by atoms with E-state index in [2.05, 4.69) is 15.3 Å². The number of hydrogen-bond acceptors (Lipinski definition) is 4. The van der Waals surface area contributed by atoms with Crippen molar-refractivity contribution in [2.24, 2.45) is 0 Å². The normalized spacial score (nSPS) is 13.8. The first-order valence-corrected chi connectivity index (χ1v) is 3.63. The molecule has 2 heterocycles. The van der Waals surface area contributed by atoms with Gasteiger partial charge in [0.15, 0.2) is 0 Å². The Morgan fingerprint density at radius 1 is 1.58 bits per heavy atom. The standard InChI is InChI=1S/C7H8N4O/c1-5-9-6-2-3-8-4-11(6)7(12)10-5/h2-3,8H,4H2,1H3. The molecule has 1 aliphatic rings. The lowest BCUT2D eigenvalue weighted by molar-refractivity contribution is 0.567. The Balaban J connectivity index is 2.71. The topological polar surface area (TPSA) is 59.8 Å². The summed E-state index contributed by atoms with van der Waals surface area (Å²) in [6.45, 7) is 2.16. The van der Waals surface area contributed by atoms with Crippen molar-refractivity contribution in [3.05, 3.63) is 28.3 Å². The van der Waals surface area contributed by atoms with Gasteiger partial charge in [-0.3, -0.25) is 4.57 Å². The fraction of sp³-hybridized carbons (Fsp3) is 0.286. The summed E-state index contributed by atoms with van der Waals surface area (Å²) in [5, 5.41) is 2.90. The van der Waals surface area contributed by atoms with E-state index in [0.29, 0.717) is 18.3 Å². The molecule has 2 rings (SSSR count). The maximum atomic E-state index is 11.2. The molecule has 0 aliphatic carbocycles. The summed E-state index contributed by atoms with van der Waals surface area (Å²) in [5.74, 6) is 1.17. The van der Waals surface area contributed by atoms with Crippen molar-refractivity contribution >= 4 is 6.08 Å². The number of aromatic nitrogens is 3. The number of nitrogens with one attached hydrogen (secondary N) is 1. The quantitative estimate of drug-likeness (QED) is 0.560. The highest BCUT2D eigenvalue weighted by Crippen LogP contribution is 1.98. The molecule has 5 nitrogen and oxygen atoms in total. The van der Waals surface area contributed by atoms with Gasteiger partial charge in [-0.05, 0) is 13.0 Å². The Kier molecular flexibility index (Phi) is 1.43. The zero-order valence-electron chi connectivity index (χ0n) is 6.61. The van der Waals surface area contributed by atoms with E-state index in [0.717, 1.165) is 0 Å². The van der Waals surface area contributed by atoms with Crippen molar-refractivity contribution in [2.45, 2.75) is 13.6 Å². The molecule has 0 saturated heterocycles. The highest BCUT2D eigenvalue weighted by molar-refractivity contribution is 5.40. The lowest BCUT2D eigenvalue weighted by Gasteiger charge is -2.12. The highest BCUT2D eigenvalue weighted by Gasteiger charge is 2.06. The van der Waals surface area contributed by atoms with Crippen LogP contribution in [0.3, 0.4) is 0 Å². The van der Waals surface area contributed by atoms with Gasteiger partial charge in [-0.15, -0.1) is 0 Å². The van der Waals surface area contributed by atoms with E-state index in [-0.39, 0.29) is 5.69 Å². The van der Waals surface area contributed by atoms with Crippen LogP contribution in [0.1, 0.15) is 11.6 Å². The third kappa shape index (κ3) is 0.990. The van der Waals surface area contributed by atoms with E-state index in [9.17, 15) is 4.79 Å². The third-order valence-electron chi connectivity index (χ3n) is 1.64. The van der Waals surface area contributed by atoms with Crippen LogP contribution >= 0.6 is 0 Å². The number of nitrogens with zero attached hydrogens (tertiary/aromatic N) is 3. The minimum Gasteiger partial charge on any atom is -0.373 e. The van der Waals surface area contributed by atoms with Crippen LogP contribution in [0, 0.1) is 6.92 Å². The maximum absolute atomic E-state index is 11.2. The van der Waals surface area contributed by atoms with Crippen molar-refractivity contribution in [3.63, 3.8) is 0 Å². The van der Waals surface area contributed by atoms with E-state index in [1.165, 1.54) is 4.57 Å². The molecule has 0 atom stereocenters. The van der Waals surface area contributed by atoms with Gasteiger partial charge in [0, 0.05) is 6.20 Å². The Bertz CT molecular complexity index is 393. The first-order chi connectivity index (χ1) is 5.77.